The monoisotopic (exact) mass is 486 g/mol. The van der Waals surface area contributed by atoms with Gasteiger partial charge < -0.3 is 5.32 Å². The van der Waals surface area contributed by atoms with Crippen LogP contribution in [-0.4, -0.2) is 31.7 Å². The van der Waals surface area contributed by atoms with E-state index in [2.05, 4.69) is 11.4 Å². The van der Waals surface area contributed by atoms with Crippen LogP contribution in [0.4, 0.5) is 5.69 Å². The standard InChI is InChI=1S/C24H26N2O3S3/c1-18-11-12-20(32(28,29)26-13-5-2-6-14-26)16-22(18)25-24(27)21-9-3-4-10-23(21)31-17-19-8-7-15-30-19/h3-4,7-12,15-16H,2,5-6,13-14,17H2,1H3,(H,25,27). The highest BCUT2D eigenvalue weighted by Gasteiger charge is 2.26. The fourth-order valence-corrected chi connectivity index (χ4v) is 7.03. The lowest BCUT2D eigenvalue weighted by Gasteiger charge is -2.26. The lowest BCUT2D eigenvalue weighted by molar-refractivity contribution is 0.102. The van der Waals surface area contributed by atoms with Gasteiger partial charge >= 0.3 is 0 Å². The molecule has 1 aliphatic rings. The summed E-state index contributed by atoms with van der Waals surface area (Å²) in [5, 5.41) is 4.99. The number of thiophene rings is 1. The Kier molecular flexibility index (Phi) is 7.35. The number of hydrogen-bond acceptors (Lipinski definition) is 5. The molecule has 1 aromatic heterocycles. The van der Waals surface area contributed by atoms with Crippen molar-refractivity contribution in [1.82, 2.24) is 4.31 Å². The summed E-state index contributed by atoms with van der Waals surface area (Å²) in [6.07, 6.45) is 2.83. The van der Waals surface area contributed by atoms with E-state index in [4.69, 9.17) is 0 Å². The molecule has 0 unspecified atom stereocenters. The molecule has 0 radical (unpaired) electrons. The third-order valence-corrected chi connectivity index (χ3v) is 9.57. The fourth-order valence-electron chi connectivity index (χ4n) is 3.66. The van der Waals surface area contributed by atoms with Crippen LogP contribution in [0.25, 0.3) is 0 Å². The normalized spacial score (nSPS) is 14.9. The van der Waals surface area contributed by atoms with E-state index in [0.29, 0.717) is 24.3 Å². The minimum Gasteiger partial charge on any atom is -0.322 e. The molecule has 168 valence electrons. The molecule has 0 spiro atoms. The van der Waals surface area contributed by atoms with Crippen LogP contribution in [0.1, 0.15) is 40.1 Å². The number of benzene rings is 2. The van der Waals surface area contributed by atoms with E-state index in [-0.39, 0.29) is 10.8 Å². The number of anilines is 1. The summed E-state index contributed by atoms with van der Waals surface area (Å²) in [5.41, 5.74) is 1.92. The van der Waals surface area contributed by atoms with Crippen LogP contribution in [0.5, 0.6) is 0 Å². The van der Waals surface area contributed by atoms with Crippen molar-refractivity contribution in [3.63, 3.8) is 0 Å². The van der Waals surface area contributed by atoms with E-state index in [0.717, 1.165) is 35.5 Å². The van der Waals surface area contributed by atoms with Crippen molar-refractivity contribution < 1.29 is 13.2 Å². The number of amides is 1. The number of sulfonamides is 1. The highest BCUT2D eigenvalue weighted by molar-refractivity contribution is 7.98. The Hall–Kier alpha value is -2.13. The Morgan fingerprint density at radius 1 is 1.06 bits per heavy atom. The summed E-state index contributed by atoms with van der Waals surface area (Å²) in [6.45, 7) is 2.96. The zero-order valence-electron chi connectivity index (χ0n) is 17.9. The summed E-state index contributed by atoms with van der Waals surface area (Å²) in [5.74, 6) is 0.555. The summed E-state index contributed by atoms with van der Waals surface area (Å²) in [4.78, 5) is 15.5. The number of thioether (sulfide) groups is 1. The molecule has 1 saturated heterocycles. The Balaban J connectivity index is 1.54. The van der Waals surface area contributed by atoms with Gasteiger partial charge in [-0.1, -0.05) is 30.7 Å². The molecule has 5 nitrogen and oxygen atoms in total. The predicted octanol–water partition coefficient (Wildman–Crippen LogP) is 5.78. The summed E-state index contributed by atoms with van der Waals surface area (Å²) in [7, 11) is -3.56. The van der Waals surface area contributed by atoms with Crippen LogP contribution in [-0.2, 0) is 15.8 Å². The molecule has 0 saturated carbocycles. The summed E-state index contributed by atoms with van der Waals surface area (Å²) >= 11 is 3.32. The van der Waals surface area contributed by atoms with Crippen LogP contribution >= 0.6 is 23.1 Å². The van der Waals surface area contributed by atoms with Crippen molar-refractivity contribution in [2.45, 2.75) is 41.7 Å². The Labute approximate surface area is 197 Å². The number of aryl methyl sites for hydroxylation is 1. The molecular weight excluding hydrogens is 460 g/mol. The van der Waals surface area contributed by atoms with E-state index >= 15 is 0 Å². The molecule has 0 atom stereocenters. The molecule has 1 fully saturated rings. The zero-order chi connectivity index (χ0) is 22.6. The molecule has 32 heavy (non-hydrogen) atoms. The molecule has 0 aliphatic carbocycles. The van der Waals surface area contributed by atoms with Crippen molar-refractivity contribution in [2.24, 2.45) is 0 Å². The Morgan fingerprint density at radius 3 is 2.59 bits per heavy atom. The molecule has 2 aromatic carbocycles. The molecule has 0 bridgehead atoms. The second-order valence-corrected chi connectivity index (χ2v) is 11.7. The van der Waals surface area contributed by atoms with Gasteiger partial charge in [0, 0.05) is 34.3 Å². The van der Waals surface area contributed by atoms with Crippen molar-refractivity contribution in [2.75, 3.05) is 18.4 Å². The second-order valence-electron chi connectivity index (χ2n) is 7.76. The average molecular weight is 487 g/mol. The van der Waals surface area contributed by atoms with Gasteiger partial charge in [0.25, 0.3) is 5.91 Å². The SMILES string of the molecule is Cc1ccc(S(=O)(=O)N2CCCCC2)cc1NC(=O)c1ccccc1SCc1cccs1. The van der Waals surface area contributed by atoms with Gasteiger partial charge in [0.15, 0.2) is 0 Å². The molecule has 1 aliphatic heterocycles. The van der Waals surface area contributed by atoms with E-state index in [9.17, 15) is 13.2 Å². The second kappa shape index (κ2) is 10.2. The quantitative estimate of drug-likeness (QED) is 0.430. The summed E-state index contributed by atoms with van der Waals surface area (Å²) < 4.78 is 27.7. The minimum atomic E-state index is -3.56. The maximum Gasteiger partial charge on any atom is 0.256 e. The zero-order valence-corrected chi connectivity index (χ0v) is 20.4. The maximum absolute atomic E-state index is 13.1. The molecule has 1 amide bonds. The number of nitrogens with zero attached hydrogens (tertiary/aromatic N) is 1. The lowest BCUT2D eigenvalue weighted by Crippen LogP contribution is -2.35. The largest absolute Gasteiger partial charge is 0.322 e. The number of nitrogens with one attached hydrogen (secondary N) is 1. The average Bonchev–Trinajstić information content (AvgIpc) is 3.33. The van der Waals surface area contributed by atoms with Crippen molar-refractivity contribution in [1.29, 1.82) is 0 Å². The van der Waals surface area contributed by atoms with Gasteiger partial charge in [-0.2, -0.15) is 4.31 Å². The van der Waals surface area contributed by atoms with Gasteiger partial charge in [-0.05, 0) is 61.0 Å². The van der Waals surface area contributed by atoms with Gasteiger partial charge in [0.2, 0.25) is 10.0 Å². The first kappa shape index (κ1) is 23.0. The van der Waals surface area contributed by atoms with E-state index < -0.39 is 10.0 Å². The van der Waals surface area contributed by atoms with Gasteiger partial charge in [-0.3, -0.25) is 4.79 Å². The van der Waals surface area contributed by atoms with Crippen LogP contribution in [0, 0.1) is 6.92 Å². The van der Waals surface area contributed by atoms with Crippen molar-refractivity contribution in [3.05, 3.63) is 76.0 Å². The number of piperidine rings is 1. The van der Waals surface area contributed by atoms with E-state index in [1.165, 1.54) is 4.88 Å². The van der Waals surface area contributed by atoms with Crippen LogP contribution in [0.3, 0.4) is 0 Å². The Bertz CT molecular complexity index is 1180. The van der Waals surface area contributed by atoms with Gasteiger partial charge in [-0.25, -0.2) is 8.42 Å². The first-order valence-electron chi connectivity index (χ1n) is 10.6. The van der Waals surface area contributed by atoms with Crippen LogP contribution in [0.2, 0.25) is 0 Å². The maximum atomic E-state index is 13.1. The summed E-state index contributed by atoms with van der Waals surface area (Å²) in [6, 6.07) is 16.6. The molecule has 4 rings (SSSR count). The predicted molar refractivity (Wildman–Crippen MR) is 132 cm³/mol. The Morgan fingerprint density at radius 2 is 1.84 bits per heavy atom. The van der Waals surface area contributed by atoms with Crippen molar-refractivity contribution >= 4 is 44.7 Å². The number of hydrogen-bond donors (Lipinski definition) is 1. The number of carbonyl (C=O) groups excluding carboxylic acids is 1. The third kappa shape index (κ3) is 5.26. The third-order valence-electron chi connectivity index (χ3n) is 5.49. The molecule has 1 N–H and O–H groups in total. The first-order valence-corrected chi connectivity index (χ1v) is 13.9. The van der Waals surface area contributed by atoms with E-state index in [1.807, 2.05) is 36.6 Å². The van der Waals surface area contributed by atoms with Crippen LogP contribution < -0.4 is 5.32 Å². The molecule has 8 heteroatoms. The van der Waals surface area contributed by atoms with Gasteiger partial charge in [0.1, 0.15) is 0 Å². The van der Waals surface area contributed by atoms with Gasteiger partial charge in [0.05, 0.1) is 10.5 Å². The van der Waals surface area contributed by atoms with Gasteiger partial charge in [-0.15, -0.1) is 23.1 Å². The molecular formula is C24H26N2O3S3. The highest BCUT2D eigenvalue weighted by Crippen LogP contribution is 2.30. The van der Waals surface area contributed by atoms with E-state index in [1.54, 1.807) is 51.7 Å². The highest BCUT2D eigenvalue weighted by atomic mass is 32.2. The topological polar surface area (TPSA) is 66.5 Å². The fraction of sp³-hybridized carbons (Fsp3) is 0.292. The van der Waals surface area contributed by atoms with Crippen molar-refractivity contribution in [3.8, 4) is 0 Å². The molecule has 3 aromatic rings. The number of carbonyl (C=O) groups is 1. The lowest BCUT2D eigenvalue weighted by atomic mass is 10.1. The van der Waals surface area contributed by atoms with Crippen LogP contribution in [0.15, 0.2) is 69.8 Å². The number of rotatable bonds is 7. The smallest absolute Gasteiger partial charge is 0.256 e. The molecule has 2 heterocycles. The first-order chi connectivity index (χ1) is 15.4. The minimum absolute atomic E-state index is 0.223.